The number of rotatable bonds is 3. The lowest BCUT2D eigenvalue weighted by Crippen LogP contribution is -2.41. The molecule has 1 atom stereocenters. The van der Waals surface area contributed by atoms with Gasteiger partial charge in [0.25, 0.3) is 0 Å². The number of hydrogen-bond acceptors (Lipinski definition) is 3. The van der Waals surface area contributed by atoms with Crippen molar-refractivity contribution in [2.75, 3.05) is 39.4 Å². The molecule has 118 valence electrons. The lowest BCUT2D eigenvalue weighted by atomic mass is 10.0. The van der Waals surface area contributed by atoms with Crippen LogP contribution in [-0.4, -0.2) is 61.0 Å². The summed E-state index contributed by atoms with van der Waals surface area (Å²) in [6.45, 7) is 4.37. The lowest BCUT2D eigenvalue weighted by molar-refractivity contribution is -0.137. The summed E-state index contributed by atoms with van der Waals surface area (Å²) < 4.78 is 5.28. The third kappa shape index (κ3) is 3.57. The fourth-order valence-corrected chi connectivity index (χ4v) is 3.82. The molecule has 3 rings (SSSR count). The van der Waals surface area contributed by atoms with Gasteiger partial charge in [0.15, 0.2) is 0 Å². The molecule has 5 heteroatoms. The summed E-state index contributed by atoms with van der Waals surface area (Å²) >= 11 is 0. The summed E-state index contributed by atoms with van der Waals surface area (Å²) in [5.41, 5.74) is 0. The topological polar surface area (TPSA) is 49.9 Å². The van der Waals surface area contributed by atoms with Crippen LogP contribution in [0.2, 0.25) is 0 Å². The number of carbonyl (C=O) groups is 2. The molecule has 3 fully saturated rings. The summed E-state index contributed by atoms with van der Waals surface area (Å²) in [6.07, 6.45) is 6.09. The van der Waals surface area contributed by atoms with E-state index in [1.54, 1.807) is 0 Å². The van der Waals surface area contributed by atoms with E-state index in [0.29, 0.717) is 31.5 Å². The molecule has 0 aromatic carbocycles. The average Bonchev–Trinajstić information content (AvgIpc) is 3.19. The van der Waals surface area contributed by atoms with Gasteiger partial charge in [-0.1, -0.05) is 12.8 Å². The van der Waals surface area contributed by atoms with Gasteiger partial charge in [-0.2, -0.15) is 0 Å². The van der Waals surface area contributed by atoms with Crippen LogP contribution in [0, 0.1) is 11.8 Å². The van der Waals surface area contributed by atoms with Gasteiger partial charge in [-0.15, -0.1) is 0 Å². The summed E-state index contributed by atoms with van der Waals surface area (Å²) in [5, 5.41) is 0. The SMILES string of the molecule is O=C(CC1CCN(C(=O)C2CCCC2)C1)N1CCOCC1. The van der Waals surface area contributed by atoms with Gasteiger partial charge in [0.2, 0.25) is 11.8 Å². The molecule has 0 bridgehead atoms. The molecular formula is C16H26N2O3. The maximum absolute atomic E-state index is 12.4. The second kappa shape index (κ2) is 6.77. The Hall–Kier alpha value is -1.10. The molecule has 2 saturated heterocycles. The molecule has 21 heavy (non-hydrogen) atoms. The van der Waals surface area contributed by atoms with E-state index in [9.17, 15) is 9.59 Å². The van der Waals surface area contributed by atoms with Crippen LogP contribution in [0.15, 0.2) is 0 Å². The first-order valence-electron chi connectivity index (χ1n) is 8.38. The van der Waals surface area contributed by atoms with E-state index in [1.807, 2.05) is 9.80 Å². The molecule has 0 radical (unpaired) electrons. The number of hydrogen-bond donors (Lipinski definition) is 0. The summed E-state index contributed by atoms with van der Waals surface area (Å²) in [4.78, 5) is 28.6. The average molecular weight is 294 g/mol. The maximum atomic E-state index is 12.4. The molecule has 0 spiro atoms. The van der Waals surface area contributed by atoms with Gasteiger partial charge in [-0.05, 0) is 25.2 Å². The number of carbonyl (C=O) groups excluding carboxylic acids is 2. The Bertz CT molecular complexity index is 387. The summed E-state index contributed by atoms with van der Waals surface area (Å²) in [6, 6.07) is 0. The van der Waals surface area contributed by atoms with Crippen LogP contribution < -0.4 is 0 Å². The van der Waals surface area contributed by atoms with Gasteiger partial charge in [0.1, 0.15) is 0 Å². The first-order valence-corrected chi connectivity index (χ1v) is 8.38. The minimum atomic E-state index is 0.235. The molecule has 5 nitrogen and oxygen atoms in total. The Morgan fingerprint density at radius 1 is 0.952 bits per heavy atom. The fraction of sp³-hybridized carbons (Fsp3) is 0.875. The Balaban J connectivity index is 1.45. The van der Waals surface area contributed by atoms with Gasteiger partial charge in [0.05, 0.1) is 13.2 Å². The van der Waals surface area contributed by atoms with Crippen LogP contribution >= 0.6 is 0 Å². The van der Waals surface area contributed by atoms with Crippen molar-refractivity contribution >= 4 is 11.8 Å². The van der Waals surface area contributed by atoms with Crippen molar-refractivity contribution in [2.24, 2.45) is 11.8 Å². The number of morpholine rings is 1. The standard InChI is InChI=1S/C16H26N2O3/c19-15(17-7-9-21-10-8-17)11-13-5-6-18(12-13)16(20)14-3-1-2-4-14/h13-14H,1-12H2. The van der Waals surface area contributed by atoms with E-state index in [0.717, 1.165) is 45.4 Å². The Morgan fingerprint density at radius 2 is 1.67 bits per heavy atom. The van der Waals surface area contributed by atoms with Crippen LogP contribution in [-0.2, 0) is 14.3 Å². The summed E-state index contributed by atoms with van der Waals surface area (Å²) in [7, 11) is 0. The predicted octanol–water partition coefficient (Wildman–Crippen LogP) is 1.27. The van der Waals surface area contributed by atoms with Crippen LogP contribution in [0.25, 0.3) is 0 Å². The number of likely N-dealkylation sites (tertiary alicyclic amines) is 1. The molecule has 2 aliphatic heterocycles. The monoisotopic (exact) mass is 294 g/mol. The number of ether oxygens (including phenoxy) is 1. The smallest absolute Gasteiger partial charge is 0.225 e. The third-order valence-electron chi connectivity index (χ3n) is 5.13. The van der Waals surface area contributed by atoms with Gasteiger partial charge < -0.3 is 14.5 Å². The number of nitrogens with zero attached hydrogens (tertiary/aromatic N) is 2. The highest BCUT2D eigenvalue weighted by Crippen LogP contribution is 2.29. The van der Waals surface area contributed by atoms with E-state index in [1.165, 1.54) is 12.8 Å². The fourth-order valence-electron chi connectivity index (χ4n) is 3.82. The van der Waals surface area contributed by atoms with E-state index in [4.69, 9.17) is 4.74 Å². The molecule has 0 N–H and O–H groups in total. The zero-order chi connectivity index (χ0) is 14.7. The van der Waals surface area contributed by atoms with E-state index < -0.39 is 0 Å². The van der Waals surface area contributed by atoms with Gasteiger partial charge in [0, 0.05) is 38.5 Å². The normalized spacial score (nSPS) is 27.3. The third-order valence-corrected chi connectivity index (χ3v) is 5.13. The molecule has 1 saturated carbocycles. The predicted molar refractivity (Wildman–Crippen MR) is 78.7 cm³/mol. The molecule has 2 heterocycles. The second-order valence-corrected chi connectivity index (χ2v) is 6.62. The highest BCUT2D eigenvalue weighted by atomic mass is 16.5. The Morgan fingerprint density at radius 3 is 2.38 bits per heavy atom. The second-order valence-electron chi connectivity index (χ2n) is 6.62. The van der Waals surface area contributed by atoms with Crippen molar-refractivity contribution in [3.05, 3.63) is 0 Å². The zero-order valence-corrected chi connectivity index (χ0v) is 12.8. The molecule has 0 aromatic rings. The molecular weight excluding hydrogens is 268 g/mol. The Kier molecular flexibility index (Phi) is 4.78. The minimum Gasteiger partial charge on any atom is -0.378 e. The van der Waals surface area contributed by atoms with Gasteiger partial charge in [-0.25, -0.2) is 0 Å². The quantitative estimate of drug-likeness (QED) is 0.788. The highest BCUT2D eigenvalue weighted by Gasteiger charge is 2.33. The van der Waals surface area contributed by atoms with Crippen molar-refractivity contribution in [3.8, 4) is 0 Å². The van der Waals surface area contributed by atoms with Gasteiger partial charge in [-0.3, -0.25) is 9.59 Å². The van der Waals surface area contributed by atoms with Crippen LogP contribution in [0.4, 0.5) is 0 Å². The molecule has 1 aliphatic carbocycles. The lowest BCUT2D eigenvalue weighted by Gasteiger charge is -2.28. The molecule has 3 aliphatic rings. The molecule has 2 amide bonds. The molecule has 1 unspecified atom stereocenters. The van der Waals surface area contributed by atoms with Gasteiger partial charge >= 0.3 is 0 Å². The zero-order valence-electron chi connectivity index (χ0n) is 12.8. The minimum absolute atomic E-state index is 0.235. The van der Waals surface area contributed by atoms with E-state index in [-0.39, 0.29) is 11.8 Å². The first kappa shape index (κ1) is 14.8. The molecule has 0 aromatic heterocycles. The highest BCUT2D eigenvalue weighted by molar-refractivity contribution is 5.80. The van der Waals surface area contributed by atoms with E-state index in [2.05, 4.69) is 0 Å². The van der Waals surface area contributed by atoms with Crippen LogP contribution in [0.5, 0.6) is 0 Å². The van der Waals surface area contributed by atoms with Crippen molar-refractivity contribution in [2.45, 2.75) is 38.5 Å². The van der Waals surface area contributed by atoms with E-state index >= 15 is 0 Å². The van der Waals surface area contributed by atoms with Crippen molar-refractivity contribution in [1.82, 2.24) is 9.80 Å². The first-order chi connectivity index (χ1) is 10.2. The van der Waals surface area contributed by atoms with Crippen molar-refractivity contribution < 1.29 is 14.3 Å². The Labute approximate surface area is 126 Å². The van der Waals surface area contributed by atoms with Crippen molar-refractivity contribution in [1.29, 1.82) is 0 Å². The maximum Gasteiger partial charge on any atom is 0.225 e. The van der Waals surface area contributed by atoms with Crippen LogP contribution in [0.3, 0.4) is 0 Å². The van der Waals surface area contributed by atoms with Crippen molar-refractivity contribution in [3.63, 3.8) is 0 Å². The number of amides is 2. The largest absolute Gasteiger partial charge is 0.378 e. The summed E-state index contributed by atoms with van der Waals surface area (Å²) in [5.74, 6) is 1.19. The van der Waals surface area contributed by atoms with Crippen LogP contribution in [0.1, 0.15) is 38.5 Å².